The largest absolute Gasteiger partial charge is 0.459 e. The second-order valence-corrected chi connectivity index (χ2v) is 10.1. The number of ether oxygens (including phenoxy) is 4. The summed E-state index contributed by atoms with van der Waals surface area (Å²) in [7, 11) is 0. The Morgan fingerprint density at radius 1 is 0.897 bits per heavy atom. The van der Waals surface area contributed by atoms with Gasteiger partial charge in [-0.15, -0.1) is 0 Å². The van der Waals surface area contributed by atoms with Crippen LogP contribution in [0.3, 0.4) is 0 Å². The molecule has 11 nitrogen and oxygen atoms in total. The van der Waals surface area contributed by atoms with Crippen molar-refractivity contribution < 1.29 is 33.3 Å². The van der Waals surface area contributed by atoms with Gasteiger partial charge in [-0.2, -0.15) is 0 Å². The number of carbonyl (C=O) groups is 3. The molecule has 0 aliphatic carbocycles. The molecule has 204 valence electrons. The third-order valence-corrected chi connectivity index (χ3v) is 6.75. The molecule has 1 aliphatic heterocycles. The zero-order chi connectivity index (χ0) is 28.3. The van der Waals surface area contributed by atoms with E-state index in [0.29, 0.717) is 5.56 Å². The van der Waals surface area contributed by atoms with Gasteiger partial charge in [0.1, 0.15) is 12.7 Å². The number of rotatable bonds is 7. The van der Waals surface area contributed by atoms with Crippen LogP contribution in [-0.2, 0) is 23.7 Å². The van der Waals surface area contributed by atoms with Gasteiger partial charge in [-0.25, -0.2) is 14.4 Å². The number of esters is 3. The van der Waals surface area contributed by atoms with E-state index in [9.17, 15) is 24.0 Å². The molecule has 3 aromatic rings. The summed E-state index contributed by atoms with van der Waals surface area (Å²) < 4.78 is 23.9. The Bertz CT molecular complexity index is 1500. The van der Waals surface area contributed by atoms with Gasteiger partial charge in [0.15, 0.2) is 18.4 Å². The van der Waals surface area contributed by atoms with Gasteiger partial charge in [-0.3, -0.25) is 19.1 Å². The van der Waals surface area contributed by atoms with Crippen LogP contribution in [0, 0.1) is 17.4 Å². The lowest BCUT2D eigenvalue weighted by atomic mass is 10.1. The zero-order valence-electron chi connectivity index (χ0n) is 21.2. The number of carbonyl (C=O) groups excluding carboxylic acids is 3. The van der Waals surface area contributed by atoms with Crippen LogP contribution in [0.5, 0.6) is 0 Å². The summed E-state index contributed by atoms with van der Waals surface area (Å²) in [5, 5.41) is 0. The average molecular weight is 648 g/mol. The molecule has 0 bridgehead atoms. The van der Waals surface area contributed by atoms with E-state index in [1.54, 1.807) is 71.1 Å². The molecule has 1 aliphatic rings. The number of aromatic amines is 1. The summed E-state index contributed by atoms with van der Waals surface area (Å²) in [4.78, 5) is 64.5. The SMILES string of the molecule is CC(=O)OC1C(OC(=O)c2ccc(C)cc2)C(COC(=O)c2ccc(C)cc2)OC1n1cc(I)c(=O)[nH]c1=O. The van der Waals surface area contributed by atoms with Crippen molar-refractivity contribution in [2.45, 2.75) is 45.3 Å². The molecular formula is C27H25IN2O9. The summed E-state index contributed by atoms with van der Waals surface area (Å²) >= 11 is 1.74. The van der Waals surface area contributed by atoms with Gasteiger partial charge in [-0.1, -0.05) is 35.4 Å². The third kappa shape index (κ3) is 6.63. The average Bonchev–Trinajstić information content (AvgIpc) is 3.21. The summed E-state index contributed by atoms with van der Waals surface area (Å²) in [6, 6.07) is 13.3. The Morgan fingerprint density at radius 3 is 2.03 bits per heavy atom. The lowest BCUT2D eigenvalue weighted by Gasteiger charge is -2.24. The normalized spacial score (nSPS) is 20.3. The van der Waals surface area contributed by atoms with Crippen molar-refractivity contribution in [2.24, 2.45) is 0 Å². The fourth-order valence-corrected chi connectivity index (χ4v) is 4.42. The summed E-state index contributed by atoms with van der Waals surface area (Å²) in [6.45, 7) is 4.51. The third-order valence-electron chi connectivity index (χ3n) is 5.98. The fourth-order valence-electron chi connectivity index (χ4n) is 3.99. The lowest BCUT2D eigenvalue weighted by molar-refractivity contribution is -0.156. The standard InChI is InChI=1S/C27H25IN2O9/c1-14-4-8-17(9-5-14)25(33)36-13-20-21(39-26(34)18-10-6-15(2)7-11-18)22(37-16(3)31)24(38-20)30-12-19(28)23(32)29-27(30)35/h4-12,20-22,24H,13H2,1-3H3,(H,29,32,35). The smallest absolute Gasteiger partial charge is 0.338 e. The second-order valence-electron chi connectivity index (χ2n) is 8.98. The maximum Gasteiger partial charge on any atom is 0.338 e. The highest BCUT2D eigenvalue weighted by molar-refractivity contribution is 14.1. The molecule has 2 heterocycles. The molecule has 0 spiro atoms. The van der Waals surface area contributed by atoms with Crippen molar-refractivity contribution in [2.75, 3.05) is 6.61 Å². The number of benzene rings is 2. The van der Waals surface area contributed by atoms with E-state index in [-0.39, 0.29) is 15.7 Å². The molecule has 39 heavy (non-hydrogen) atoms. The quantitative estimate of drug-likeness (QED) is 0.233. The van der Waals surface area contributed by atoms with E-state index < -0.39 is 53.7 Å². The first-order chi connectivity index (χ1) is 18.5. The number of H-pyrrole nitrogens is 1. The van der Waals surface area contributed by atoms with Crippen LogP contribution in [0.1, 0.15) is 45.0 Å². The second kappa shape index (κ2) is 11.9. The predicted octanol–water partition coefficient (Wildman–Crippen LogP) is 2.67. The molecule has 1 fully saturated rings. The van der Waals surface area contributed by atoms with E-state index in [1.165, 1.54) is 6.20 Å². The highest BCUT2D eigenvalue weighted by atomic mass is 127. The number of hydrogen-bond donors (Lipinski definition) is 1. The Labute approximate surface area is 236 Å². The van der Waals surface area contributed by atoms with Crippen molar-refractivity contribution >= 4 is 40.5 Å². The summed E-state index contributed by atoms with van der Waals surface area (Å²) in [5.41, 5.74) is 0.986. The van der Waals surface area contributed by atoms with E-state index in [1.807, 2.05) is 13.8 Å². The number of aromatic nitrogens is 2. The number of hydrogen-bond acceptors (Lipinski definition) is 9. The van der Waals surface area contributed by atoms with Gasteiger partial charge in [0, 0.05) is 13.1 Å². The van der Waals surface area contributed by atoms with E-state index >= 15 is 0 Å². The van der Waals surface area contributed by atoms with Gasteiger partial charge in [0.25, 0.3) is 5.56 Å². The van der Waals surface area contributed by atoms with Gasteiger partial charge in [-0.05, 0) is 60.7 Å². The minimum atomic E-state index is -1.31. The van der Waals surface area contributed by atoms with E-state index in [4.69, 9.17) is 18.9 Å². The Kier molecular flexibility index (Phi) is 8.65. The number of aryl methyl sites for hydroxylation is 2. The van der Waals surface area contributed by atoms with E-state index in [0.717, 1.165) is 22.6 Å². The molecule has 1 N–H and O–H groups in total. The van der Waals surface area contributed by atoms with Crippen LogP contribution in [0.15, 0.2) is 64.3 Å². The van der Waals surface area contributed by atoms with Crippen LogP contribution >= 0.6 is 22.6 Å². The van der Waals surface area contributed by atoms with Crippen LogP contribution in [0.2, 0.25) is 0 Å². The molecule has 4 rings (SSSR count). The molecular weight excluding hydrogens is 623 g/mol. The highest BCUT2D eigenvalue weighted by Crippen LogP contribution is 2.34. The molecule has 4 atom stereocenters. The van der Waals surface area contributed by atoms with Crippen LogP contribution in [0.4, 0.5) is 0 Å². The Morgan fingerprint density at radius 2 is 1.46 bits per heavy atom. The summed E-state index contributed by atoms with van der Waals surface area (Å²) in [6.07, 6.45) is -3.76. The topological polar surface area (TPSA) is 143 Å². The highest BCUT2D eigenvalue weighted by Gasteiger charge is 2.51. The monoisotopic (exact) mass is 648 g/mol. The minimum absolute atomic E-state index is 0.167. The number of halogens is 1. The molecule has 1 saturated heterocycles. The molecule has 0 radical (unpaired) electrons. The predicted molar refractivity (Wildman–Crippen MR) is 145 cm³/mol. The van der Waals surface area contributed by atoms with Crippen molar-refractivity contribution in [1.29, 1.82) is 0 Å². The Balaban J connectivity index is 1.67. The van der Waals surface area contributed by atoms with Crippen LogP contribution < -0.4 is 11.2 Å². The van der Waals surface area contributed by atoms with Crippen LogP contribution in [0.25, 0.3) is 0 Å². The van der Waals surface area contributed by atoms with Crippen LogP contribution in [-0.4, -0.2) is 52.4 Å². The van der Waals surface area contributed by atoms with Gasteiger partial charge < -0.3 is 18.9 Å². The van der Waals surface area contributed by atoms with Crippen molar-refractivity contribution in [3.05, 3.63) is 101 Å². The van der Waals surface area contributed by atoms with Crippen molar-refractivity contribution in [3.8, 4) is 0 Å². The summed E-state index contributed by atoms with van der Waals surface area (Å²) in [5.74, 6) is -2.11. The van der Waals surface area contributed by atoms with Crippen molar-refractivity contribution in [1.82, 2.24) is 9.55 Å². The van der Waals surface area contributed by atoms with E-state index in [2.05, 4.69) is 4.98 Å². The molecule has 0 amide bonds. The maximum atomic E-state index is 13.0. The molecule has 4 unspecified atom stereocenters. The first-order valence-corrected chi connectivity index (χ1v) is 13.0. The Hall–Kier alpha value is -3.78. The maximum absolute atomic E-state index is 13.0. The molecule has 0 saturated carbocycles. The van der Waals surface area contributed by atoms with Gasteiger partial charge >= 0.3 is 23.6 Å². The van der Waals surface area contributed by atoms with Gasteiger partial charge in [0.2, 0.25) is 0 Å². The first kappa shape index (κ1) is 28.2. The van der Waals surface area contributed by atoms with Gasteiger partial charge in [0.05, 0.1) is 14.7 Å². The number of nitrogens with zero attached hydrogens (tertiary/aromatic N) is 1. The molecule has 1 aromatic heterocycles. The molecule has 2 aromatic carbocycles. The fraction of sp³-hybridized carbons (Fsp3) is 0.296. The minimum Gasteiger partial charge on any atom is -0.459 e. The number of nitrogens with one attached hydrogen (secondary N) is 1. The zero-order valence-corrected chi connectivity index (χ0v) is 23.4. The van der Waals surface area contributed by atoms with Crippen molar-refractivity contribution in [3.63, 3.8) is 0 Å². The molecule has 12 heteroatoms. The lowest BCUT2D eigenvalue weighted by Crippen LogP contribution is -2.43. The first-order valence-electron chi connectivity index (χ1n) is 11.9.